The smallest absolute Gasteiger partial charge is 0.231 e. The van der Waals surface area contributed by atoms with E-state index in [0.29, 0.717) is 12.6 Å². The first-order chi connectivity index (χ1) is 11.3. The summed E-state index contributed by atoms with van der Waals surface area (Å²) < 4.78 is 0. The van der Waals surface area contributed by atoms with E-state index in [2.05, 4.69) is 4.90 Å². The Balaban J connectivity index is 0.00000156. The lowest BCUT2D eigenvalue weighted by Crippen LogP contribution is -2.49. The highest BCUT2D eigenvalue weighted by molar-refractivity contribution is 5.85. The Kier molecular flexibility index (Phi) is 9.80. The third-order valence-electron chi connectivity index (χ3n) is 5.42. The first-order valence-corrected chi connectivity index (χ1v) is 9.07. The highest BCUT2D eigenvalue weighted by atomic mass is 35.5. The third kappa shape index (κ3) is 5.58. The van der Waals surface area contributed by atoms with Crippen molar-refractivity contribution in [1.29, 1.82) is 0 Å². The van der Waals surface area contributed by atoms with E-state index in [9.17, 15) is 4.79 Å². The first kappa shape index (κ1) is 22.2. The molecule has 3 rings (SSSR count). The summed E-state index contributed by atoms with van der Waals surface area (Å²) in [5.41, 5.74) is 6.94. The number of hydrogen-bond donors (Lipinski definition) is 1. The number of halogens is 2. The summed E-state index contributed by atoms with van der Waals surface area (Å²) in [4.78, 5) is 17.5. The zero-order valence-electron chi connectivity index (χ0n) is 14.8. The van der Waals surface area contributed by atoms with Gasteiger partial charge < -0.3 is 15.5 Å². The maximum Gasteiger partial charge on any atom is 0.231 e. The van der Waals surface area contributed by atoms with E-state index >= 15 is 0 Å². The average Bonchev–Trinajstić information content (AvgIpc) is 2.64. The molecule has 2 aliphatic rings. The van der Waals surface area contributed by atoms with E-state index in [1.807, 2.05) is 35.2 Å². The Morgan fingerprint density at radius 1 is 1.00 bits per heavy atom. The standard InChI is InChI=1S/C19H29N3O.2ClH/c20-15-18(16-7-3-1-4-8-16)19(23)22-13-9-17(10-14-22)21-11-5-2-6-12-21;;/h1,3-4,7-8,17-18H,2,5-6,9-15,20H2;2*1H. The normalized spacial score (nSPS) is 20.3. The van der Waals surface area contributed by atoms with Crippen LogP contribution >= 0.6 is 24.8 Å². The second-order valence-corrected chi connectivity index (χ2v) is 6.85. The number of amides is 1. The predicted molar refractivity (Wildman–Crippen MR) is 108 cm³/mol. The molecule has 2 heterocycles. The minimum absolute atomic E-state index is 0. The number of nitrogens with zero attached hydrogens (tertiary/aromatic N) is 2. The van der Waals surface area contributed by atoms with Crippen LogP contribution in [0.2, 0.25) is 0 Å². The second-order valence-electron chi connectivity index (χ2n) is 6.85. The van der Waals surface area contributed by atoms with Crippen LogP contribution < -0.4 is 5.73 Å². The van der Waals surface area contributed by atoms with Crippen molar-refractivity contribution in [2.45, 2.75) is 44.1 Å². The fraction of sp³-hybridized carbons (Fsp3) is 0.632. The molecule has 6 heteroatoms. The van der Waals surface area contributed by atoms with Gasteiger partial charge in [-0.25, -0.2) is 0 Å². The molecule has 2 aliphatic heterocycles. The molecule has 1 aromatic carbocycles. The first-order valence-electron chi connectivity index (χ1n) is 9.07. The summed E-state index contributed by atoms with van der Waals surface area (Å²) in [5.74, 6) is 0.0125. The molecule has 0 bridgehead atoms. The molecule has 0 aromatic heterocycles. The molecule has 2 fully saturated rings. The van der Waals surface area contributed by atoms with E-state index in [4.69, 9.17) is 5.73 Å². The van der Waals surface area contributed by atoms with Gasteiger partial charge in [0.2, 0.25) is 5.91 Å². The predicted octanol–water partition coefficient (Wildman–Crippen LogP) is 3.05. The molecule has 1 unspecified atom stereocenters. The van der Waals surface area contributed by atoms with Crippen LogP contribution in [0, 0.1) is 0 Å². The number of piperidine rings is 2. The van der Waals surface area contributed by atoms with E-state index < -0.39 is 0 Å². The van der Waals surface area contributed by atoms with Crippen LogP contribution in [0.1, 0.15) is 43.6 Å². The Morgan fingerprint density at radius 3 is 2.16 bits per heavy atom. The third-order valence-corrected chi connectivity index (χ3v) is 5.42. The van der Waals surface area contributed by atoms with E-state index in [0.717, 1.165) is 31.5 Å². The summed E-state index contributed by atoms with van der Waals surface area (Å²) in [6.07, 6.45) is 6.27. The maximum atomic E-state index is 12.8. The Hall–Kier alpha value is -0.810. The number of rotatable bonds is 4. The van der Waals surface area contributed by atoms with Crippen molar-refractivity contribution in [3.8, 4) is 0 Å². The monoisotopic (exact) mass is 387 g/mol. The van der Waals surface area contributed by atoms with Gasteiger partial charge in [0.05, 0.1) is 5.92 Å². The average molecular weight is 388 g/mol. The van der Waals surface area contributed by atoms with Crippen molar-refractivity contribution >= 4 is 30.7 Å². The topological polar surface area (TPSA) is 49.6 Å². The number of carbonyl (C=O) groups is 1. The van der Waals surface area contributed by atoms with Crippen molar-refractivity contribution in [2.24, 2.45) is 5.73 Å². The summed E-state index contributed by atoms with van der Waals surface area (Å²) in [7, 11) is 0. The van der Waals surface area contributed by atoms with Crippen molar-refractivity contribution in [3.05, 3.63) is 35.9 Å². The van der Waals surface area contributed by atoms with E-state index in [1.54, 1.807) is 0 Å². The largest absolute Gasteiger partial charge is 0.342 e. The minimum atomic E-state index is -0.192. The Bertz CT molecular complexity index is 501. The quantitative estimate of drug-likeness (QED) is 0.863. The molecule has 2 N–H and O–H groups in total. The lowest BCUT2D eigenvalue weighted by molar-refractivity contribution is -0.134. The van der Waals surface area contributed by atoms with Crippen molar-refractivity contribution in [2.75, 3.05) is 32.7 Å². The number of nitrogens with two attached hydrogens (primary N) is 1. The van der Waals surface area contributed by atoms with Crippen molar-refractivity contribution in [1.82, 2.24) is 9.80 Å². The maximum absolute atomic E-state index is 12.8. The summed E-state index contributed by atoms with van der Waals surface area (Å²) in [6.45, 7) is 4.63. The van der Waals surface area contributed by atoms with Gasteiger partial charge in [-0.2, -0.15) is 0 Å². The van der Waals surface area contributed by atoms with Crippen LogP contribution in [0.4, 0.5) is 0 Å². The zero-order chi connectivity index (χ0) is 16.1. The van der Waals surface area contributed by atoms with Crippen LogP contribution in [0.3, 0.4) is 0 Å². The Morgan fingerprint density at radius 2 is 1.60 bits per heavy atom. The lowest BCUT2D eigenvalue weighted by Gasteiger charge is -2.41. The number of likely N-dealkylation sites (tertiary alicyclic amines) is 2. The van der Waals surface area contributed by atoms with Gasteiger partial charge in [-0.3, -0.25) is 4.79 Å². The molecular formula is C19H31Cl2N3O. The molecular weight excluding hydrogens is 357 g/mol. The van der Waals surface area contributed by atoms with E-state index in [1.165, 1.54) is 32.4 Å². The van der Waals surface area contributed by atoms with Crippen molar-refractivity contribution < 1.29 is 4.79 Å². The van der Waals surface area contributed by atoms with Crippen LogP contribution in [0.5, 0.6) is 0 Å². The van der Waals surface area contributed by atoms with Crippen LogP contribution in [0.15, 0.2) is 30.3 Å². The van der Waals surface area contributed by atoms with Gasteiger partial charge >= 0.3 is 0 Å². The van der Waals surface area contributed by atoms with Crippen LogP contribution in [-0.2, 0) is 4.79 Å². The molecule has 1 aromatic rings. The number of hydrogen-bond acceptors (Lipinski definition) is 3. The van der Waals surface area contributed by atoms with Gasteiger partial charge in [-0.05, 0) is 44.3 Å². The summed E-state index contributed by atoms with van der Waals surface area (Å²) in [5, 5.41) is 0. The molecule has 142 valence electrons. The highest BCUT2D eigenvalue weighted by Gasteiger charge is 2.30. The fourth-order valence-corrected chi connectivity index (χ4v) is 4.02. The molecule has 25 heavy (non-hydrogen) atoms. The lowest BCUT2D eigenvalue weighted by atomic mass is 9.95. The minimum Gasteiger partial charge on any atom is -0.342 e. The van der Waals surface area contributed by atoms with Crippen molar-refractivity contribution in [3.63, 3.8) is 0 Å². The van der Waals surface area contributed by atoms with Crippen LogP contribution in [-0.4, -0.2) is 54.5 Å². The van der Waals surface area contributed by atoms with Gasteiger partial charge in [-0.15, -0.1) is 24.8 Å². The van der Waals surface area contributed by atoms with Gasteiger partial charge in [0, 0.05) is 25.7 Å². The molecule has 0 spiro atoms. The highest BCUT2D eigenvalue weighted by Crippen LogP contribution is 2.24. The second kappa shape index (κ2) is 11.0. The zero-order valence-corrected chi connectivity index (χ0v) is 16.4. The molecule has 0 saturated carbocycles. The molecule has 1 atom stereocenters. The summed E-state index contributed by atoms with van der Waals surface area (Å²) >= 11 is 0. The SMILES string of the molecule is Cl.Cl.NCC(C(=O)N1CCC(N2CCCCC2)CC1)c1ccccc1. The van der Waals surface area contributed by atoms with Gasteiger partial charge in [0.15, 0.2) is 0 Å². The molecule has 2 saturated heterocycles. The fourth-order valence-electron chi connectivity index (χ4n) is 4.02. The van der Waals surface area contributed by atoms with Crippen LogP contribution in [0.25, 0.3) is 0 Å². The van der Waals surface area contributed by atoms with Gasteiger partial charge in [0.1, 0.15) is 0 Å². The number of benzene rings is 1. The molecule has 0 aliphatic carbocycles. The van der Waals surface area contributed by atoms with Gasteiger partial charge in [0.25, 0.3) is 0 Å². The molecule has 1 amide bonds. The number of carbonyl (C=O) groups excluding carboxylic acids is 1. The summed E-state index contributed by atoms with van der Waals surface area (Å²) in [6, 6.07) is 10.6. The molecule has 4 nitrogen and oxygen atoms in total. The van der Waals surface area contributed by atoms with Gasteiger partial charge in [-0.1, -0.05) is 36.8 Å². The Labute approximate surface area is 163 Å². The molecule has 0 radical (unpaired) electrons. The van der Waals surface area contributed by atoms with E-state index in [-0.39, 0.29) is 36.6 Å².